The second kappa shape index (κ2) is 7.99. The largest absolute Gasteiger partial charge is 0.343 e. The Kier molecular flexibility index (Phi) is 6.81. The normalized spacial score (nSPS) is 19.5. The number of anilines is 1. The molecule has 2 amide bonds. The van der Waals surface area contributed by atoms with Crippen LogP contribution >= 0.6 is 12.4 Å². The van der Waals surface area contributed by atoms with Gasteiger partial charge in [0.05, 0.1) is 6.04 Å². The third kappa shape index (κ3) is 4.71. The van der Waals surface area contributed by atoms with Gasteiger partial charge >= 0.3 is 0 Å². The molecule has 6 heteroatoms. The van der Waals surface area contributed by atoms with Crippen LogP contribution in [-0.2, 0) is 9.59 Å². The minimum atomic E-state index is -0.634. The fourth-order valence-corrected chi connectivity index (χ4v) is 2.65. The minimum Gasteiger partial charge on any atom is -0.343 e. The van der Waals surface area contributed by atoms with Crippen LogP contribution in [0.4, 0.5) is 5.69 Å². The fraction of sp³-hybridized carbons (Fsp3) is 0.556. The highest BCUT2D eigenvalue weighted by Gasteiger charge is 2.34. The van der Waals surface area contributed by atoms with Gasteiger partial charge in [-0.2, -0.15) is 0 Å². The molecule has 0 saturated carbocycles. The number of hydrogen-bond acceptors (Lipinski definition) is 3. The van der Waals surface area contributed by atoms with E-state index in [1.54, 1.807) is 4.90 Å². The van der Waals surface area contributed by atoms with Crippen molar-refractivity contribution in [3.8, 4) is 0 Å². The van der Waals surface area contributed by atoms with Crippen molar-refractivity contribution >= 4 is 29.9 Å². The first-order chi connectivity index (χ1) is 10.7. The lowest BCUT2D eigenvalue weighted by Gasteiger charge is -2.34. The lowest BCUT2D eigenvalue weighted by atomic mass is 9.86. The van der Waals surface area contributed by atoms with Crippen LogP contribution in [0.25, 0.3) is 0 Å². The van der Waals surface area contributed by atoms with Crippen molar-refractivity contribution in [2.75, 3.05) is 11.4 Å². The Hall–Kier alpha value is -1.59. The molecular formula is C18H28ClN3O2. The summed E-state index contributed by atoms with van der Waals surface area (Å²) in [5.74, 6) is -0.323. The number of piperidine rings is 1. The molecule has 0 bridgehead atoms. The molecule has 1 aromatic rings. The summed E-state index contributed by atoms with van der Waals surface area (Å²) in [5.41, 5.74) is 7.67. The highest BCUT2D eigenvalue weighted by Crippen LogP contribution is 2.22. The summed E-state index contributed by atoms with van der Waals surface area (Å²) >= 11 is 0. The zero-order chi connectivity index (χ0) is 17.2. The third-order valence-electron chi connectivity index (χ3n) is 4.32. The molecule has 2 rings (SSSR count). The number of carbonyl (C=O) groups excluding carboxylic acids is 2. The number of aryl methyl sites for hydroxylation is 1. The quantitative estimate of drug-likeness (QED) is 0.876. The number of hydrogen-bond donors (Lipinski definition) is 2. The molecule has 5 nitrogen and oxygen atoms in total. The number of amides is 2. The van der Waals surface area contributed by atoms with Gasteiger partial charge < -0.3 is 16.0 Å². The zero-order valence-corrected chi connectivity index (χ0v) is 15.7. The van der Waals surface area contributed by atoms with Gasteiger partial charge in [-0.3, -0.25) is 9.59 Å². The van der Waals surface area contributed by atoms with E-state index in [4.69, 9.17) is 5.73 Å². The van der Waals surface area contributed by atoms with Crippen LogP contribution in [0.2, 0.25) is 0 Å². The number of rotatable bonds is 3. The molecule has 1 saturated heterocycles. The average Bonchev–Trinajstić information content (AvgIpc) is 2.48. The number of nitrogens with zero attached hydrogens (tertiary/aromatic N) is 1. The molecular weight excluding hydrogens is 326 g/mol. The Morgan fingerprint density at radius 2 is 1.88 bits per heavy atom. The Bertz CT molecular complexity index is 581. The van der Waals surface area contributed by atoms with Gasteiger partial charge in [-0.05, 0) is 37.3 Å². The van der Waals surface area contributed by atoms with E-state index >= 15 is 0 Å². The molecule has 1 aliphatic rings. The van der Waals surface area contributed by atoms with Crippen LogP contribution in [-0.4, -0.2) is 30.4 Å². The van der Waals surface area contributed by atoms with E-state index in [9.17, 15) is 9.59 Å². The van der Waals surface area contributed by atoms with Crippen molar-refractivity contribution in [3.63, 3.8) is 0 Å². The molecule has 0 spiro atoms. The van der Waals surface area contributed by atoms with E-state index in [2.05, 4.69) is 5.32 Å². The number of carbonyl (C=O) groups is 2. The molecule has 1 fully saturated rings. The molecule has 2 atom stereocenters. The maximum absolute atomic E-state index is 12.7. The number of benzene rings is 1. The summed E-state index contributed by atoms with van der Waals surface area (Å²) in [6, 6.07) is 6.73. The van der Waals surface area contributed by atoms with Gasteiger partial charge in [0, 0.05) is 12.2 Å². The van der Waals surface area contributed by atoms with E-state index in [0.717, 1.165) is 17.7 Å². The zero-order valence-electron chi connectivity index (χ0n) is 14.8. The van der Waals surface area contributed by atoms with Crippen molar-refractivity contribution in [3.05, 3.63) is 29.8 Å². The Morgan fingerprint density at radius 1 is 1.29 bits per heavy atom. The predicted octanol–water partition coefficient (Wildman–Crippen LogP) is 2.40. The summed E-state index contributed by atoms with van der Waals surface area (Å²) in [6.45, 7) is 8.44. The first-order valence-electron chi connectivity index (χ1n) is 8.14. The average molecular weight is 354 g/mol. The van der Waals surface area contributed by atoms with E-state index in [-0.39, 0.29) is 29.6 Å². The Balaban J connectivity index is 0.00000288. The van der Waals surface area contributed by atoms with Crippen LogP contribution in [0, 0.1) is 12.3 Å². The summed E-state index contributed by atoms with van der Waals surface area (Å²) in [4.78, 5) is 26.7. The molecule has 1 unspecified atom stereocenters. The molecule has 0 aromatic heterocycles. The monoisotopic (exact) mass is 353 g/mol. The van der Waals surface area contributed by atoms with Crippen LogP contribution in [0.3, 0.4) is 0 Å². The second-order valence-corrected chi connectivity index (χ2v) is 7.37. The lowest BCUT2D eigenvalue weighted by Crippen LogP contribution is -2.57. The van der Waals surface area contributed by atoms with Crippen molar-refractivity contribution in [1.29, 1.82) is 0 Å². The van der Waals surface area contributed by atoms with E-state index in [1.165, 1.54) is 0 Å². The predicted molar refractivity (Wildman–Crippen MR) is 99.4 cm³/mol. The van der Waals surface area contributed by atoms with Crippen LogP contribution in [0.1, 0.15) is 39.2 Å². The van der Waals surface area contributed by atoms with Gasteiger partial charge in [-0.25, -0.2) is 0 Å². The molecule has 1 aliphatic heterocycles. The molecule has 0 radical (unpaired) electrons. The maximum atomic E-state index is 12.7. The van der Waals surface area contributed by atoms with Gasteiger partial charge in [-0.1, -0.05) is 38.5 Å². The fourth-order valence-electron chi connectivity index (χ4n) is 2.65. The van der Waals surface area contributed by atoms with Crippen molar-refractivity contribution in [2.24, 2.45) is 11.1 Å². The topological polar surface area (TPSA) is 75.4 Å². The molecule has 0 aliphatic carbocycles. The summed E-state index contributed by atoms with van der Waals surface area (Å²) in [5, 5.41) is 2.83. The first kappa shape index (κ1) is 20.5. The van der Waals surface area contributed by atoms with E-state index in [1.807, 2.05) is 52.0 Å². The minimum absolute atomic E-state index is 0. The maximum Gasteiger partial charge on any atom is 0.249 e. The highest BCUT2D eigenvalue weighted by molar-refractivity contribution is 6.00. The lowest BCUT2D eigenvalue weighted by molar-refractivity contribution is -0.130. The molecule has 134 valence electrons. The Morgan fingerprint density at radius 3 is 2.42 bits per heavy atom. The summed E-state index contributed by atoms with van der Waals surface area (Å²) in [6.07, 6.45) is 1.51. The molecule has 24 heavy (non-hydrogen) atoms. The highest BCUT2D eigenvalue weighted by atomic mass is 35.5. The van der Waals surface area contributed by atoms with Crippen molar-refractivity contribution in [2.45, 2.75) is 52.6 Å². The van der Waals surface area contributed by atoms with Gasteiger partial charge in [0.15, 0.2) is 0 Å². The van der Waals surface area contributed by atoms with Crippen molar-refractivity contribution < 1.29 is 9.59 Å². The van der Waals surface area contributed by atoms with Gasteiger partial charge in [0.1, 0.15) is 6.04 Å². The van der Waals surface area contributed by atoms with Gasteiger partial charge in [-0.15, -0.1) is 12.4 Å². The summed E-state index contributed by atoms with van der Waals surface area (Å²) in [7, 11) is 0. The van der Waals surface area contributed by atoms with E-state index < -0.39 is 12.1 Å². The van der Waals surface area contributed by atoms with Gasteiger partial charge in [0.2, 0.25) is 11.8 Å². The molecule has 3 N–H and O–H groups in total. The van der Waals surface area contributed by atoms with Crippen LogP contribution in [0.15, 0.2) is 24.3 Å². The summed E-state index contributed by atoms with van der Waals surface area (Å²) < 4.78 is 0. The van der Waals surface area contributed by atoms with Crippen molar-refractivity contribution in [1.82, 2.24) is 5.32 Å². The smallest absolute Gasteiger partial charge is 0.249 e. The third-order valence-corrected chi connectivity index (χ3v) is 4.32. The number of nitrogens with two attached hydrogens (primary N) is 1. The SMILES string of the molecule is Cc1ccc(N2CCCC(NC(=O)[C@@H](N)C(C)(C)C)C2=O)cc1.Cl. The first-order valence-corrected chi connectivity index (χ1v) is 8.14. The number of nitrogens with one attached hydrogen (secondary N) is 1. The van der Waals surface area contributed by atoms with E-state index in [0.29, 0.717) is 13.0 Å². The van der Waals surface area contributed by atoms with Crippen LogP contribution < -0.4 is 16.0 Å². The Labute approximate surface area is 150 Å². The molecule has 1 aromatic carbocycles. The van der Waals surface area contributed by atoms with Crippen LogP contribution in [0.5, 0.6) is 0 Å². The standard InChI is InChI=1S/C18H27N3O2.ClH/c1-12-7-9-13(10-8-12)21-11-5-6-14(17(21)23)20-16(22)15(19)18(2,3)4;/h7-10,14-15H,5-6,11,19H2,1-4H3,(H,20,22);1H/t14?,15-;/m1./s1. The molecule has 1 heterocycles. The second-order valence-electron chi connectivity index (χ2n) is 7.37. The number of halogens is 1. The van der Waals surface area contributed by atoms with Gasteiger partial charge in [0.25, 0.3) is 0 Å².